The highest BCUT2D eigenvalue weighted by molar-refractivity contribution is 5.61. The van der Waals surface area contributed by atoms with E-state index in [0.29, 0.717) is 0 Å². The van der Waals surface area contributed by atoms with E-state index in [1.807, 2.05) is 0 Å². The monoisotopic (exact) mass is 163 g/mol. The normalized spacial score (nSPS) is 14.4. The fourth-order valence-electron chi connectivity index (χ4n) is 1.51. The summed E-state index contributed by atoms with van der Waals surface area (Å²) in [6.45, 7) is 3.84. The molecule has 1 aromatic carbocycles. The van der Waals surface area contributed by atoms with E-state index in [4.69, 9.17) is 4.74 Å². The third-order valence-corrected chi connectivity index (χ3v) is 2.14. The third-order valence-electron chi connectivity index (χ3n) is 2.14. The number of benzene rings is 1. The first kappa shape index (κ1) is 7.47. The molecule has 1 heterocycles. The van der Waals surface area contributed by atoms with Gasteiger partial charge < -0.3 is 10.1 Å². The van der Waals surface area contributed by atoms with Gasteiger partial charge in [-0.25, -0.2) is 0 Å². The molecule has 0 spiro atoms. The zero-order valence-electron chi connectivity index (χ0n) is 7.26. The van der Waals surface area contributed by atoms with E-state index in [9.17, 15) is 0 Å². The van der Waals surface area contributed by atoms with Crippen molar-refractivity contribution in [2.75, 3.05) is 18.5 Å². The highest BCUT2D eigenvalue weighted by atomic mass is 16.5. The zero-order chi connectivity index (χ0) is 8.39. The highest BCUT2D eigenvalue weighted by Crippen LogP contribution is 2.31. The van der Waals surface area contributed by atoms with Crippen LogP contribution >= 0.6 is 0 Å². The standard InChI is InChI=1S/C10H13NO/c1-2-8-4-3-5-9-10(8)12-7-6-11-9/h3-5,11H,2,6-7H2,1H3. The molecule has 64 valence electrons. The van der Waals surface area contributed by atoms with Gasteiger partial charge in [-0.1, -0.05) is 19.1 Å². The molecule has 2 rings (SSSR count). The Morgan fingerprint density at radius 1 is 1.50 bits per heavy atom. The number of rotatable bonds is 1. The van der Waals surface area contributed by atoms with Crippen LogP contribution in [0.3, 0.4) is 0 Å². The molecule has 0 atom stereocenters. The average Bonchev–Trinajstić information content (AvgIpc) is 2.17. The smallest absolute Gasteiger partial charge is 0.145 e. The molecule has 1 aliphatic heterocycles. The summed E-state index contributed by atoms with van der Waals surface area (Å²) in [5.41, 5.74) is 2.43. The molecule has 0 fully saturated rings. The SMILES string of the molecule is CCc1cccc2c1OCCN2. The van der Waals surface area contributed by atoms with E-state index < -0.39 is 0 Å². The first-order valence-electron chi connectivity index (χ1n) is 4.40. The second-order valence-corrected chi connectivity index (χ2v) is 2.92. The molecular formula is C10H13NO. The Hall–Kier alpha value is -1.18. The number of hydrogen-bond donors (Lipinski definition) is 1. The number of aryl methyl sites for hydroxylation is 1. The first-order valence-corrected chi connectivity index (χ1v) is 4.40. The van der Waals surface area contributed by atoms with Crippen LogP contribution in [0.15, 0.2) is 18.2 Å². The van der Waals surface area contributed by atoms with Gasteiger partial charge in [0, 0.05) is 6.54 Å². The van der Waals surface area contributed by atoms with Gasteiger partial charge in [0.15, 0.2) is 0 Å². The van der Waals surface area contributed by atoms with Gasteiger partial charge in [0.2, 0.25) is 0 Å². The van der Waals surface area contributed by atoms with Crippen LogP contribution in [-0.2, 0) is 6.42 Å². The first-order chi connectivity index (χ1) is 5.92. The van der Waals surface area contributed by atoms with Crippen LogP contribution in [0.4, 0.5) is 5.69 Å². The fourth-order valence-corrected chi connectivity index (χ4v) is 1.51. The van der Waals surface area contributed by atoms with Gasteiger partial charge in [-0.15, -0.1) is 0 Å². The van der Waals surface area contributed by atoms with Crippen LogP contribution in [0, 0.1) is 0 Å². The molecule has 0 radical (unpaired) electrons. The summed E-state index contributed by atoms with van der Waals surface area (Å²) < 4.78 is 5.58. The number of anilines is 1. The van der Waals surface area contributed by atoms with Crippen LogP contribution < -0.4 is 10.1 Å². The summed E-state index contributed by atoms with van der Waals surface area (Å²) in [4.78, 5) is 0. The number of fused-ring (bicyclic) bond motifs is 1. The van der Waals surface area contributed by atoms with Crippen molar-refractivity contribution in [3.63, 3.8) is 0 Å². The van der Waals surface area contributed by atoms with Crippen LogP contribution in [0.5, 0.6) is 5.75 Å². The van der Waals surface area contributed by atoms with Crippen molar-refractivity contribution in [3.8, 4) is 5.75 Å². The Balaban J connectivity index is 2.44. The lowest BCUT2D eigenvalue weighted by Crippen LogP contribution is -2.18. The lowest BCUT2D eigenvalue weighted by Gasteiger charge is -2.21. The molecule has 0 saturated heterocycles. The quantitative estimate of drug-likeness (QED) is 0.684. The predicted octanol–water partition coefficient (Wildman–Crippen LogP) is 2.05. The van der Waals surface area contributed by atoms with E-state index in [-0.39, 0.29) is 0 Å². The number of para-hydroxylation sites is 1. The molecule has 0 aliphatic carbocycles. The minimum Gasteiger partial charge on any atom is -0.489 e. The van der Waals surface area contributed by atoms with Crippen LogP contribution in [0.1, 0.15) is 12.5 Å². The molecule has 1 N–H and O–H groups in total. The molecule has 0 aromatic heterocycles. The van der Waals surface area contributed by atoms with E-state index >= 15 is 0 Å². The summed E-state index contributed by atoms with van der Waals surface area (Å²) in [5, 5.41) is 3.31. The van der Waals surface area contributed by atoms with Gasteiger partial charge in [0.05, 0.1) is 5.69 Å². The Morgan fingerprint density at radius 3 is 3.25 bits per heavy atom. The molecule has 1 aliphatic rings. The van der Waals surface area contributed by atoms with Crippen molar-refractivity contribution in [1.82, 2.24) is 0 Å². The Bertz CT molecular complexity index is 269. The minimum absolute atomic E-state index is 0.782. The Kier molecular flexibility index (Phi) is 1.90. The summed E-state index contributed by atoms with van der Waals surface area (Å²) in [6.07, 6.45) is 1.03. The molecule has 0 amide bonds. The topological polar surface area (TPSA) is 21.3 Å². The van der Waals surface area contributed by atoms with Crippen molar-refractivity contribution in [2.24, 2.45) is 0 Å². The molecule has 1 aromatic rings. The lowest BCUT2D eigenvalue weighted by molar-refractivity contribution is 0.320. The molecule has 0 bridgehead atoms. The largest absolute Gasteiger partial charge is 0.489 e. The van der Waals surface area contributed by atoms with E-state index in [1.54, 1.807) is 0 Å². The van der Waals surface area contributed by atoms with Gasteiger partial charge in [-0.2, -0.15) is 0 Å². The van der Waals surface area contributed by atoms with Gasteiger partial charge >= 0.3 is 0 Å². The summed E-state index contributed by atoms with van der Waals surface area (Å²) >= 11 is 0. The van der Waals surface area contributed by atoms with Gasteiger partial charge in [0.1, 0.15) is 12.4 Å². The van der Waals surface area contributed by atoms with Gasteiger partial charge in [-0.05, 0) is 18.1 Å². The van der Waals surface area contributed by atoms with Crippen molar-refractivity contribution >= 4 is 5.69 Å². The average molecular weight is 163 g/mol. The number of nitrogens with one attached hydrogen (secondary N) is 1. The van der Waals surface area contributed by atoms with Crippen LogP contribution in [-0.4, -0.2) is 13.2 Å². The number of hydrogen-bond acceptors (Lipinski definition) is 2. The summed E-state index contributed by atoms with van der Waals surface area (Å²) in [5.74, 6) is 1.05. The zero-order valence-corrected chi connectivity index (χ0v) is 7.26. The molecular weight excluding hydrogens is 150 g/mol. The minimum atomic E-state index is 0.782. The molecule has 0 saturated carbocycles. The van der Waals surface area contributed by atoms with Crippen molar-refractivity contribution in [2.45, 2.75) is 13.3 Å². The second kappa shape index (κ2) is 3.05. The Morgan fingerprint density at radius 2 is 2.42 bits per heavy atom. The third kappa shape index (κ3) is 1.13. The second-order valence-electron chi connectivity index (χ2n) is 2.92. The van der Waals surface area contributed by atoms with Crippen molar-refractivity contribution in [3.05, 3.63) is 23.8 Å². The predicted molar refractivity (Wildman–Crippen MR) is 49.8 cm³/mol. The van der Waals surface area contributed by atoms with E-state index in [2.05, 4.69) is 30.4 Å². The number of ether oxygens (including phenoxy) is 1. The van der Waals surface area contributed by atoms with Gasteiger partial charge in [0.25, 0.3) is 0 Å². The highest BCUT2D eigenvalue weighted by Gasteiger charge is 2.11. The van der Waals surface area contributed by atoms with Crippen LogP contribution in [0.2, 0.25) is 0 Å². The van der Waals surface area contributed by atoms with Crippen LogP contribution in [0.25, 0.3) is 0 Å². The molecule has 12 heavy (non-hydrogen) atoms. The maximum absolute atomic E-state index is 5.58. The molecule has 0 unspecified atom stereocenters. The van der Waals surface area contributed by atoms with Gasteiger partial charge in [-0.3, -0.25) is 0 Å². The summed E-state index contributed by atoms with van der Waals surface area (Å²) in [7, 11) is 0. The maximum Gasteiger partial charge on any atom is 0.145 e. The Labute approximate surface area is 72.5 Å². The molecule has 2 nitrogen and oxygen atoms in total. The lowest BCUT2D eigenvalue weighted by atomic mass is 10.1. The maximum atomic E-state index is 5.58. The van der Waals surface area contributed by atoms with Crippen molar-refractivity contribution in [1.29, 1.82) is 0 Å². The fraction of sp³-hybridized carbons (Fsp3) is 0.400. The molecule has 2 heteroatoms. The van der Waals surface area contributed by atoms with Crippen molar-refractivity contribution < 1.29 is 4.74 Å². The summed E-state index contributed by atoms with van der Waals surface area (Å²) in [6, 6.07) is 6.25. The van der Waals surface area contributed by atoms with E-state index in [1.165, 1.54) is 5.56 Å². The van der Waals surface area contributed by atoms with E-state index in [0.717, 1.165) is 31.0 Å².